The van der Waals surface area contributed by atoms with E-state index in [9.17, 15) is 13.2 Å². The maximum Gasteiger partial charge on any atom is 0.230 e. The first kappa shape index (κ1) is 19.3. The van der Waals surface area contributed by atoms with Crippen LogP contribution in [0.3, 0.4) is 0 Å². The number of carbonyl (C=O) groups excluding carboxylic acids is 1. The Hall–Kier alpha value is -1.01. The minimum absolute atomic E-state index is 0.0173. The van der Waals surface area contributed by atoms with Crippen LogP contribution >= 0.6 is 11.8 Å². The van der Waals surface area contributed by atoms with Crippen molar-refractivity contribution < 1.29 is 13.2 Å². The lowest BCUT2D eigenvalue weighted by Gasteiger charge is -2.23. The van der Waals surface area contributed by atoms with E-state index in [1.54, 1.807) is 0 Å². The first-order chi connectivity index (χ1) is 11.3. The Balaban J connectivity index is 1.91. The molecule has 0 aliphatic carbocycles. The fourth-order valence-electron chi connectivity index (χ4n) is 2.90. The van der Waals surface area contributed by atoms with Crippen molar-refractivity contribution in [1.82, 2.24) is 5.32 Å². The molecule has 0 spiro atoms. The monoisotopic (exact) mass is 369 g/mol. The van der Waals surface area contributed by atoms with E-state index in [1.165, 1.54) is 17.3 Å². The zero-order valence-corrected chi connectivity index (χ0v) is 16.3. The molecule has 1 heterocycles. The molecule has 1 aromatic carbocycles. The smallest absolute Gasteiger partial charge is 0.230 e. The van der Waals surface area contributed by atoms with Crippen molar-refractivity contribution in [3.05, 3.63) is 35.4 Å². The van der Waals surface area contributed by atoms with E-state index >= 15 is 0 Å². The number of benzene rings is 1. The van der Waals surface area contributed by atoms with Crippen molar-refractivity contribution in [2.75, 3.05) is 17.3 Å². The molecule has 6 heteroatoms. The van der Waals surface area contributed by atoms with Crippen LogP contribution in [0.2, 0.25) is 0 Å². The molecule has 1 aliphatic rings. The van der Waals surface area contributed by atoms with E-state index in [2.05, 4.69) is 50.4 Å². The average Bonchev–Trinajstić information content (AvgIpc) is 2.89. The molecule has 0 bridgehead atoms. The summed E-state index contributed by atoms with van der Waals surface area (Å²) in [5.74, 6) is 1.04. The van der Waals surface area contributed by atoms with Gasteiger partial charge < -0.3 is 5.32 Å². The van der Waals surface area contributed by atoms with Crippen LogP contribution in [0.4, 0.5) is 0 Å². The summed E-state index contributed by atoms with van der Waals surface area (Å²) in [4.78, 5) is 12.3. The summed E-state index contributed by atoms with van der Waals surface area (Å²) >= 11 is 1.46. The molecule has 134 valence electrons. The normalized spacial score (nSPS) is 20.9. The van der Waals surface area contributed by atoms with Gasteiger partial charge in [0.25, 0.3) is 0 Å². The Morgan fingerprint density at radius 2 is 1.96 bits per heavy atom. The summed E-state index contributed by atoms with van der Waals surface area (Å²) in [6.07, 6.45) is 1.66. The van der Waals surface area contributed by atoms with Gasteiger partial charge in [-0.25, -0.2) is 8.42 Å². The predicted molar refractivity (Wildman–Crippen MR) is 101 cm³/mol. The fraction of sp³-hybridized carbons (Fsp3) is 0.611. The van der Waals surface area contributed by atoms with E-state index < -0.39 is 9.84 Å². The molecule has 1 saturated heterocycles. The lowest BCUT2D eigenvalue weighted by molar-refractivity contribution is -0.119. The average molecular weight is 370 g/mol. The minimum atomic E-state index is -2.88. The Bertz CT molecular complexity index is 653. The number of sulfone groups is 1. The largest absolute Gasteiger partial charge is 0.348 e. The first-order valence-corrected chi connectivity index (χ1v) is 11.4. The molecule has 1 fully saturated rings. The number of carbonyl (C=O) groups is 1. The molecule has 1 aromatic rings. The Morgan fingerprint density at radius 3 is 2.46 bits per heavy atom. The second-order valence-corrected chi connectivity index (χ2v) is 10.2. The van der Waals surface area contributed by atoms with Gasteiger partial charge in [-0.3, -0.25) is 4.79 Å². The molecule has 2 atom stereocenters. The summed E-state index contributed by atoms with van der Waals surface area (Å²) in [6.45, 7) is 6.31. The lowest BCUT2D eigenvalue weighted by atomic mass is 9.95. The highest BCUT2D eigenvalue weighted by atomic mass is 32.2. The van der Waals surface area contributed by atoms with Crippen LogP contribution in [0, 0.1) is 5.92 Å². The van der Waals surface area contributed by atoms with Crippen LogP contribution in [0.15, 0.2) is 24.3 Å². The third kappa shape index (κ3) is 5.52. The highest BCUT2D eigenvalue weighted by molar-refractivity contribution is 8.02. The maximum absolute atomic E-state index is 12.3. The minimum Gasteiger partial charge on any atom is -0.348 e. The molecule has 1 aliphatic heterocycles. The van der Waals surface area contributed by atoms with E-state index in [0.717, 1.165) is 12.0 Å². The number of thioether (sulfide) groups is 1. The summed E-state index contributed by atoms with van der Waals surface area (Å²) in [7, 11) is -2.88. The third-order valence-electron chi connectivity index (χ3n) is 4.37. The Morgan fingerprint density at radius 1 is 1.29 bits per heavy atom. The molecular formula is C18H27NO3S2. The number of hydrogen-bond donors (Lipinski definition) is 1. The molecule has 2 rings (SSSR count). The molecule has 4 nitrogen and oxygen atoms in total. The fourth-order valence-corrected chi connectivity index (χ4v) is 6.35. The summed E-state index contributed by atoms with van der Waals surface area (Å²) in [5.41, 5.74) is 2.40. The quantitative estimate of drug-likeness (QED) is 0.802. The van der Waals surface area contributed by atoms with Crippen molar-refractivity contribution in [1.29, 1.82) is 0 Å². The van der Waals surface area contributed by atoms with Crippen LogP contribution in [0.5, 0.6) is 0 Å². The van der Waals surface area contributed by atoms with Crippen LogP contribution in [0.1, 0.15) is 44.4 Å². The molecule has 0 radical (unpaired) electrons. The van der Waals surface area contributed by atoms with E-state index in [-0.39, 0.29) is 28.7 Å². The second kappa shape index (κ2) is 8.39. The zero-order valence-electron chi connectivity index (χ0n) is 14.6. The van der Waals surface area contributed by atoms with Crippen LogP contribution in [0.25, 0.3) is 0 Å². The van der Waals surface area contributed by atoms with Gasteiger partial charge in [-0.1, -0.05) is 45.0 Å². The van der Waals surface area contributed by atoms with Gasteiger partial charge >= 0.3 is 0 Å². The van der Waals surface area contributed by atoms with Gasteiger partial charge in [0.05, 0.1) is 23.3 Å². The SMILES string of the molecule is CCc1ccc(C(NC(=O)CSC2CCS(=O)(=O)C2)C(C)C)cc1. The first-order valence-electron chi connectivity index (χ1n) is 8.51. The van der Waals surface area contributed by atoms with E-state index in [4.69, 9.17) is 0 Å². The van der Waals surface area contributed by atoms with Gasteiger partial charge in [0.2, 0.25) is 5.91 Å². The van der Waals surface area contributed by atoms with Crippen molar-refractivity contribution >= 4 is 27.5 Å². The van der Waals surface area contributed by atoms with Crippen LogP contribution in [-0.4, -0.2) is 36.8 Å². The lowest BCUT2D eigenvalue weighted by Crippen LogP contribution is -2.33. The summed E-state index contributed by atoms with van der Waals surface area (Å²) in [5, 5.41) is 3.16. The molecule has 24 heavy (non-hydrogen) atoms. The predicted octanol–water partition coefficient (Wildman–Crippen LogP) is 2.98. The standard InChI is InChI=1S/C18H27NO3S2/c1-4-14-5-7-15(8-6-14)18(13(2)3)19-17(20)11-23-16-9-10-24(21,22)12-16/h5-8,13,16,18H,4,9-12H2,1-3H3,(H,19,20). The van der Waals surface area contributed by atoms with Crippen molar-refractivity contribution in [3.63, 3.8) is 0 Å². The number of nitrogens with one attached hydrogen (secondary N) is 1. The van der Waals surface area contributed by atoms with E-state index in [1.807, 2.05) is 0 Å². The molecule has 0 aromatic heterocycles. The van der Waals surface area contributed by atoms with Crippen molar-refractivity contribution in [2.45, 2.75) is 44.9 Å². The second-order valence-electron chi connectivity index (χ2n) is 6.72. The number of aryl methyl sites for hydroxylation is 1. The Labute approximate surface area is 149 Å². The van der Waals surface area contributed by atoms with Gasteiger partial charge in [-0.2, -0.15) is 0 Å². The maximum atomic E-state index is 12.3. The van der Waals surface area contributed by atoms with Crippen molar-refractivity contribution in [3.8, 4) is 0 Å². The molecular weight excluding hydrogens is 342 g/mol. The molecule has 1 amide bonds. The molecule has 0 saturated carbocycles. The Kier molecular flexibility index (Phi) is 6.75. The van der Waals surface area contributed by atoms with Gasteiger partial charge in [0, 0.05) is 5.25 Å². The zero-order chi connectivity index (χ0) is 17.7. The number of rotatable bonds is 7. The highest BCUT2D eigenvalue weighted by Gasteiger charge is 2.29. The summed E-state index contributed by atoms with van der Waals surface area (Å²) < 4.78 is 23.0. The molecule has 2 unspecified atom stereocenters. The van der Waals surface area contributed by atoms with Gasteiger partial charge in [-0.05, 0) is 29.9 Å². The van der Waals surface area contributed by atoms with Gasteiger partial charge in [0.15, 0.2) is 9.84 Å². The van der Waals surface area contributed by atoms with Crippen LogP contribution < -0.4 is 5.32 Å². The number of amides is 1. The topological polar surface area (TPSA) is 63.2 Å². The van der Waals surface area contributed by atoms with E-state index in [0.29, 0.717) is 18.1 Å². The van der Waals surface area contributed by atoms with Gasteiger partial charge in [-0.15, -0.1) is 11.8 Å². The highest BCUT2D eigenvalue weighted by Crippen LogP contribution is 2.25. The van der Waals surface area contributed by atoms with Crippen molar-refractivity contribution in [2.24, 2.45) is 5.92 Å². The third-order valence-corrected chi connectivity index (χ3v) is 7.65. The van der Waals surface area contributed by atoms with Gasteiger partial charge in [0.1, 0.15) is 0 Å². The van der Waals surface area contributed by atoms with Crippen LogP contribution in [-0.2, 0) is 21.1 Å². The molecule has 1 N–H and O–H groups in total. The number of hydrogen-bond acceptors (Lipinski definition) is 4. The summed E-state index contributed by atoms with van der Waals surface area (Å²) in [6, 6.07) is 8.36.